The molecular weight excluding hydrogens is 216 g/mol. The third-order valence-electron chi connectivity index (χ3n) is 3.26. The van der Waals surface area contributed by atoms with E-state index in [9.17, 15) is 4.79 Å². The summed E-state index contributed by atoms with van der Waals surface area (Å²) in [6.07, 6.45) is 2.74. The lowest BCUT2D eigenvalue weighted by molar-refractivity contribution is -0.131. The van der Waals surface area contributed by atoms with Gasteiger partial charge in [0.1, 0.15) is 0 Å². The molecule has 0 bridgehead atoms. The Morgan fingerprint density at radius 1 is 1.65 bits per heavy atom. The largest absolute Gasteiger partial charge is 0.344 e. The van der Waals surface area contributed by atoms with Crippen molar-refractivity contribution in [2.24, 2.45) is 0 Å². The third-order valence-corrected chi connectivity index (χ3v) is 3.26. The van der Waals surface area contributed by atoms with Crippen molar-refractivity contribution in [3.05, 3.63) is 0 Å². The molecule has 0 aromatic heterocycles. The Labute approximate surface area is 103 Å². The lowest BCUT2D eigenvalue weighted by atomic mass is 10.2. The van der Waals surface area contributed by atoms with Gasteiger partial charge in [-0.3, -0.25) is 9.69 Å². The molecule has 1 fully saturated rings. The van der Waals surface area contributed by atoms with Crippen LogP contribution in [0.15, 0.2) is 0 Å². The summed E-state index contributed by atoms with van der Waals surface area (Å²) in [5.74, 6) is 0.114. The summed E-state index contributed by atoms with van der Waals surface area (Å²) in [5, 5.41) is 11.7. The fourth-order valence-electron chi connectivity index (χ4n) is 2.21. The molecule has 0 aromatic rings. The summed E-state index contributed by atoms with van der Waals surface area (Å²) in [4.78, 5) is 15.8. The predicted octanol–water partition coefficient (Wildman–Crippen LogP) is 0.0423. The van der Waals surface area contributed by atoms with Crippen LogP contribution in [0.3, 0.4) is 0 Å². The molecule has 1 aliphatic heterocycles. The quantitative estimate of drug-likeness (QED) is 0.710. The van der Waals surface area contributed by atoms with E-state index in [1.807, 2.05) is 7.05 Å². The zero-order valence-corrected chi connectivity index (χ0v) is 10.8. The third kappa shape index (κ3) is 4.33. The number of nitrogens with zero attached hydrogens (tertiary/aromatic N) is 3. The number of likely N-dealkylation sites (N-methyl/N-ethyl adjacent to an activating group) is 2. The second kappa shape index (κ2) is 7.25. The van der Waals surface area contributed by atoms with Gasteiger partial charge >= 0.3 is 0 Å². The molecule has 96 valence electrons. The van der Waals surface area contributed by atoms with Gasteiger partial charge in [-0.15, -0.1) is 0 Å². The minimum absolute atomic E-state index is 0.114. The Kier molecular flexibility index (Phi) is 5.95. The molecule has 1 saturated heterocycles. The highest BCUT2D eigenvalue weighted by Gasteiger charge is 2.26. The summed E-state index contributed by atoms with van der Waals surface area (Å²) in [6, 6.07) is 2.54. The highest BCUT2D eigenvalue weighted by atomic mass is 16.2. The zero-order chi connectivity index (χ0) is 12.7. The first kappa shape index (κ1) is 13.9. The number of carbonyl (C=O) groups is 1. The van der Waals surface area contributed by atoms with Crippen LogP contribution >= 0.6 is 0 Å². The van der Waals surface area contributed by atoms with E-state index in [2.05, 4.69) is 16.3 Å². The van der Waals surface area contributed by atoms with E-state index in [1.54, 1.807) is 11.9 Å². The first-order valence-corrected chi connectivity index (χ1v) is 6.18. The number of nitrogens with one attached hydrogen (secondary N) is 1. The van der Waals surface area contributed by atoms with Gasteiger partial charge in [-0.1, -0.05) is 0 Å². The first-order chi connectivity index (χ1) is 8.19. The number of amides is 1. The highest BCUT2D eigenvalue weighted by Crippen LogP contribution is 2.16. The number of hydrogen-bond donors (Lipinski definition) is 1. The van der Waals surface area contributed by atoms with Crippen LogP contribution in [0.4, 0.5) is 0 Å². The molecule has 1 rings (SSSR count). The molecule has 1 unspecified atom stereocenters. The van der Waals surface area contributed by atoms with E-state index in [4.69, 9.17) is 5.26 Å². The molecule has 0 aromatic carbocycles. The smallest absolute Gasteiger partial charge is 0.236 e. The number of hydrogen-bond acceptors (Lipinski definition) is 4. The van der Waals surface area contributed by atoms with Crippen molar-refractivity contribution in [2.45, 2.75) is 25.3 Å². The molecule has 1 heterocycles. The maximum atomic E-state index is 11.9. The van der Waals surface area contributed by atoms with E-state index in [0.29, 0.717) is 25.6 Å². The molecule has 5 nitrogen and oxygen atoms in total. The van der Waals surface area contributed by atoms with Crippen LogP contribution in [0, 0.1) is 11.3 Å². The summed E-state index contributed by atoms with van der Waals surface area (Å²) in [7, 11) is 3.71. The highest BCUT2D eigenvalue weighted by molar-refractivity contribution is 5.78. The van der Waals surface area contributed by atoms with Gasteiger partial charge in [0.2, 0.25) is 5.91 Å². The second-order valence-corrected chi connectivity index (χ2v) is 4.55. The van der Waals surface area contributed by atoms with Gasteiger partial charge in [0.25, 0.3) is 0 Å². The van der Waals surface area contributed by atoms with Crippen molar-refractivity contribution in [3.63, 3.8) is 0 Å². The fourth-order valence-corrected chi connectivity index (χ4v) is 2.21. The molecular formula is C12H22N4O. The van der Waals surface area contributed by atoms with Gasteiger partial charge in [-0.25, -0.2) is 0 Å². The van der Waals surface area contributed by atoms with Crippen LogP contribution in [-0.2, 0) is 4.79 Å². The lowest BCUT2D eigenvalue weighted by Crippen LogP contribution is -2.43. The first-order valence-electron chi connectivity index (χ1n) is 6.18. The monoisotopic (exact) mass is 238 g/mol. The molecule has 1 N–H and O–H groups in total. The number of nitriles is 1. The lowest BCUT2D eigenvalue weighted by Gasteiger charge is -2.26. The predicted molar refractivity (Wildman–Crippen MR) is 66.4 cm³/mol. The Morgan fingerprint density at radius 2 is 2.41 bits per heavy atom. The van der Waals surface area contributed by atoms with E-state index >= 15 is 0 Å². The summed E-state index contributed by atoms with van der Waals surface area (Å²) in [6.45, 7) is 2.95. The maximum Gasteiger partial charge on any atom is 0.236 e. The van der Waals surface area contributed by atoms with E-state index < -0.39 is 0 Å². The summed E-state index contributed by atoms with van der Waals surface area (Å²) >= 11 is 0. The zero-order valence-electron chi connectivity index (χ0n) is 10.8. The van der Waals surface area contributed by atoms with Crippen molar-refractivity contribution < 1.29 is 4.79 Å². The Balaban J connectivity index is 2.37. The van der Waals surface area contributed by atoms with E-state index in [1.165, 1.54) is 6.42 Å². The van der Waals surface area contributed by atoms with E-state index in [-0.39, 0.29) is 5.91 Å². The summed E-state index contributed by atoms with van der Waals surface area (Å²) in [5.41, 5.74) is 0. The number of carbonyl (C=O) groups excluding carboxylic acids is 1. The van der Waals surface area contributed by atoms with Crippen LogP contribution < -0.4 is 5.32 Å². The Bertz CT molecular complexity index is 287. The van der Waals surface area contributed by atoms with Gasteiger partial charge in [0, 0.05) is 26.2 Å². The molecule has 0 aliphatic carbocycles. The van der Waals surface area contributed by atoms with Crippen LogP contribution in [-0.4, -0.2) is 62.0 Å². The van der Waals surface area contributed by atoms with Gasteiger partial charge in [0.05, 0.1) is 19.0 Å². The molecule has 0 spiro atoms. The van der Waals surface area contributed by atoms with Gasteiger partial charge in [0.15, 0.2) is 0 Å². The van der Waals surface area contributed by atoms with Gasteiger partial charge in [-0.05, 0) is 26.4 Å². The van der Waals surface area contributed by atoms with Crippen molar-refractivity contribution >= 4 is 5.91 Å². The number of likely N-dealkylation sites (tertiary alicyclic amines) is 1. The molecule has 5 heteroatoms. The van der Waals surface area contributed by atoms with Crippen molar-refractivity contribution in [1.82, 2.24) is 15.1 Å². The molecule has 1 amide bonds. The molecule has 1 atom stereocenters. The van der Waals surface area contributed by atoms with Gasteiger partial charge in [-0.2, -0.15) is 5.26 Å². The fraction of sp³-hybridized carbons (Fsp3) is 0.833. The molecule has 1 aliphatic rings. The van der Waals surface area contributed by atoms with Crippen molar-refractivity contribution in [3.8, 4) is 6.07 Å². The van der Waals surface area contributed by atoms with Crippen molar-refractivity contribution in [1.29, 1.82) is 5.26 Å². The average Bonchev–Trinajstić information content (AvgIpc) is 2.74. The Morgan fingerprint density at radius 3 is 3.06 bits per heavy atom. The average molecular weight is 238 g/mol. The summed E-state index contributed by atoms with van der Waals surface area (Å²) < 4.78 is 0. The Hall–Kier alpha value is -1.12. The SMILES string of the molecule is CNCC1CCCN1CC(=O)N(C)CCC#N. The minimum atomic E-state index is 0.114. The molecule has 17 heavy (non-hydrogen) atoms. The molecule has 0 radical (unpaired) electrons. The van der Waals surface area contributed by atoms with Gasteiger partial charge < -0.3 is 10.2 Å². The topological polar surface area (TPSA) is 59.4 Å². The second-order valence-electron chi connectivity index (χ2n) is 4.55. The van der Waals surface area contributed by atoms with Crippen LogP contribution in [0.2, 0.25) is 0 Å². The standard InChI is InChI=1S/C12H22N4O/c1-14-9-11-5-3-8-16(11)10-12(17)15(2)7-4-6-13/h11,14H,3-5,7-10H2,1-2H3. The normalized spacial score (nSPS) is 20.2. The van der Waals surface area contributed by atoms with E-state index in [0.717, 1.165) is 19.5 Å². The van der Waals surface area contributed by atoms with Crippen LogP contribution in [0.1, 0.15) is 19.3 Å². The minimum Gasteiger partial charge on any atom is -0.344 e. The number of rotatable bonds is 6. The van der Waals surface area contributed by atoms with Crippen LogP contribution in [0.25, 0.3) is 0 Å². The maximum absolute atomic E-state index is 11.9. The molecule has 0 saturated carbocycles. The van der Waals surface area contributed by atoms with Crippen molar-refractivity contribution in [2.75, 3.05) is 40.3 Å². The van der Waals surface area contributed by atoms with Crippen LogP contribution in [0.5, 0.6) is 0 Å².